The molecule has 2 aliphatic carbocycles. The molecular formula is C71H44. The van der Waals surface area contributed by atoms with Gasteiger partial charge in [-0.1, -0.05) is 243 Å². The predicted octanol–water partition coefficient (Wildman–Crippen LogP) is 19.0. The summed E-state index contributed by atoms with van der Waals surface area (Å²) in [5.41, 5.74) is 22.6. The molecule has 15 rings (SSSR count). The number of benzene rings is 13. The molecule has 0 aromatic heterocycles. The lowest BCUT2D eigenvalue weighted by Crippen LogP contribution is -2.26. The summed E-state index contributed by atoms with van der Waals surface area (Å²) in [7, 11) is 0. The van der Waals surface area contributed by atoms with E-state index in [1.807, 2.05) is 0 Å². The molecule has 0 unspecified atom stereocenters. The van der Waals surface area contributed by atoms with Gasteiger partial charge in [-0.15, -0.1) is 0 Å². The molecule has 0 heteroatoms. The number of hydrogen-bond acceptors (Lipinski definition) is 0. The van der Waals surface area contributed by atoms with Crippen LogP contribution in [0.4, 0.5) is 0 Å². The summed E-state index contributed by atoms with van der Waals surface area (Å²) in [6.45, 7) is 0. The Hall–Kier alpha value is -9.10. The zero-order valence-corrected chi connectivity index (χ0v) is 38.9. The zero-order chi connectivity index (χ0) is 46.6. The minimum Gasteiger partial charge on any atom is -0.0622 e. The first-order valence-electron chi connectivity index (χ1n) is 24.8. The summed E-state index contributed by atoms with van der Waals surface area (Å²) >= 11 is 0. The Labute approximate surface area is 413 Å². The van der Waals surface area contributed by atoms with Crippen LogP contribution in [0.25, 0.3) is 121 Å². The number of hydrogen-bond donors (Lipinski definition) is 0. The molecule has 0 heterocycles. The summed E-state index contributed by atoms with van der Waals surface area (Å²) in [5, 5.41) is 10.0. The van der Waals surface area contributed by atoms with Crippen molar-refractivity contribution in [1.82, 2.24) is 0 Å². The van der Waals surface area contributed by atoms with Gasteiger partial charge in [-0.3, -0.25) is 0 Å². The van der Waals surface area contributed by atoms with Crippen molar-refractivity contribution in [1.29, 1.82) is 0 Å². The van der Waals surface area contributed by atoms with Gasteiger partial charge in [-0.25, -0.2) is 0 Å². The van der Waals surface area contributed by atoms with Crippen molar-refractivity contribution in [2.75, 3.05) is 0 Å². The van der Waals surface area contributed by atoms with Crippen LogP contribution in [0, 0.1) is 0 Å². The van der Waals surface area contributed by atoms with Gasteiger partial charge in [0.05, 0.1) is 5.41 Å². The van der Waals surface area contributed by atoms with Crippen LogP contribution in [0.3, 0.4) is 0 Å². The molecule has 13 aromatic carbocycles. The van der Waals surface area contributed by atoms with Crippen molar-refractivity contribution >= 4 is 43.1 Å². The van der Waals surface area contributed by atoms with Gasteiger partial charge in [0.1, 0.15) is 0 Å². The highest BCUT2D eigenvalue weighted by molar-refractivity contribution is 6.22. The van der Waals surface area contributed by atoms with E-state index in [-0.39, 0.29) is 0 Å². The van der Waals surface area contributed by atoms with Crippen molar-refractivity contribution in [3.63, 3.8) is 0 Å². The fourth-order valence-corrected chi connectivity index (χ4v) is 12.8. The summed E-state index contributed by atoms with van der Waals surface area (Å²) in [4.78, 5) is 0. The van der Waals surface area contributed by atoms with Crippen LogP contribution in [0.1, 0.15) is 22.3 Å². The lowest BCUT2D eigenvalue weighted by atomic mass is 9.70. The van der Waals surface area contributed by atoms with E-state index in [1.165, 1.54) is 143 Å². The summed E-state index contributed by atoms with van der Waals surface area (Å²) in [6.07, 6.45) is 0. The second kappa shape index (κ2) is 15.5. The molecule has 13 aromatic rings. The molecule has 1 spiro atoms. The summed E-state index contributed by atoms with van der Waals surface area (Å²) < 4.78 is 0. The maximum atomic E-state index is 2.50. The van der Waals surface area contributed by atoms with E-state index in [2.05, 4.69) is 267 Å². The Morgan fingerprint density at radius 3 is 1.20 bits per heavy atom. The van der Waals surface area contributed by atoms with Gasteiger partial charge in [0.15, 0.2) is 0 Å². The SMILES string of the molecule is c1ccc(-c2ccc3c(c2)C2(c4ccccc4-c4ccccc42)c2cc(-c4ccc5cc(-c6c7ccccc7c(-c7ccc(-c8cccc9ccccc89)cc7)c7ccccc67)ccc5c4)ccc2-3)cc1. The first-order chi connectivity index (χ1) is 35.2. The molecule has 0 amide bonds. The van der Waals surface area contributed by atoms with E-state index < -0.39 is 5.41 Å². The Morgan fingerprint density at radius 1 is 0.183 bits per heavy atom. The standard InChI is InChI=1S/C71H44/c1-2-15-45(16-3-1)52-37-39-59-60-40-38-53(44-68(60)71(67(59)43-52)65-27-12-10-20-57(65)58-21-11-13-28-66(58)71)50-33-34-51-42-54(36-35-49(51)41-50)70-63-24-8-6-22-61(63)69(62-23-7-9-25-64(62)70)48-31-29-47(30-32-48)56-26-14-18-46-17-4-5-19-55(46)56/h1-44H. The van der Waals surface area contributed by atoms with Crippen molar-refractivity contribution in [2.45, 2.75) is 5.41 Å². The highest BCUT2D eigenvalue weighted by Crippen LogP contribution is 2.63. The molecule has 0 radical (unpaired) electrons. The van der Waals surface area contributed by atoms with Gasteiger partial charge >= 0.3 is 0 Å². The Balaban J connectivity index is 0.844. The largest absolute Gasteiger partial charge is 0.0725 e. The van der Waals surface area contributed by atoms with Gasteiger partial charge in [0.2, 0.25) is 0 Å². The molecule has 0 N–H and O–H groups in total. The van der Waals surface area contributed by atoms with Crippen LogP contribution in [0.2, 0.25) is 0 Å². The first-order valence-corrected chi connectivity index (χ1v) is 24.8. The van der Waals surface area contributed by atoms with Crippen molar-refractivity contribution in [3.05, 3.63) is 289 Å². The fraction of sp³-hybridized carbons (Fsp3) is 0.0141. The minimum absolute atomic E-state index is 0.438. The predicted molar refractivity (Wildman–Crippen MR) is 300 cm³/mol. The van der Waals surface area contributed by atoms with Crippen LogP contribution >= 0.6 is 0 Å². The number of rotatable bonds is 5. The molecular weight excluding hydrogens is 853 g/mol. The van der Waals surface area contributed by atoms with E-state index in [9.17, 15) is 0 Å². The smallest absolute Gasteiger partial charge is 0.0622 e. The molecule has 0 saturated carbocycles. The second-order valence-corrected chi connectivity index (χ2v) is 19.4. The minimum atomic E-state index is -0.438. The van der Waals surface area contributed by atoms with Gasteiger partial charge in [-0.2, -0.15) is 0 Å². The molecule has 2 aliphatic rings. The maximum absolute atomic E-state index is 2.50. The Morgan fingerprint density at radius 2 is 0.577 bits per heavy atom. The quantitative estimate of drug-likeness (QED) is 0.151. The topological polar surface area (TPSA) is 0 Å². The lowest BCUT2D eigenvalue weighted by molar-refractivity contribution is 0.794. The molecule has 0 atom stereocenters. The van der Waals surface area contributed by atoms with Gasteiger partial charge < -0.3 is 0 Å². The molecule has 0 saturated heterocycles. The van der Waals surface area contributed by atoms with Gasteiger partial charge in [-0.05, 0) is 167 Å². The third-order valence-electron chi connectivity index (χ3n) is 15.9. The maximum Gasteiger partial charge on any atom is 0.0725 e. The highest BCUT2D eigenvalue weighted by Gasteiger charge is 2.51. The Bertz CT molecular complexity index is 4220. The fourth-order valence-electron chi connectivity index (χ4n) is 12.8. The van der Waals surface area contributed by atoms with Crippen molar-refractivity contribution in [3.8, 4) is 77.9 Å². The first kappa shape index (κ1) is 39.9. The summed E-state index contributed by atoms with van der Waals surface area (Å²) in [6, 6.07) is 99.9. The van der Waals surface area contributed by atoms with Crippen LogP contribution in [-0.4, -0.2) is 0 Å². The van der Waals surface area contributed by atoms with E-state index >= 15 is 0 Å². The summed E-state index contributed by atoms with van der Waals surface area (Å²) in [5.74, 6) is 0. The normalized spacial score (nSPS) is 12.9. The monoisotopic (exact) mass is 896 g/mol. The molecule has 0 aliphatic heterocycles. The van der Waals surface area contributed by atoms with Crippen LogP contribution < -0.4 is 0 Å². The zero-order valence-electron chi connectivity index (χ0n) is 38.9. The Kier molecular flexibility index (Phi) is 8.68. The van der Waals surface area contributed by atoms with Gasteiger partial charge in [0.25, 0.3) is 0 Å². The van der Waals surface area contributed by atoms with Crippen molar-refractivity contribution in [2.24, 2.45) is 0 Å². The highest BCUT2D eigenvalue weighted by atomic mass is 14.5. The molecule has 328 valence electrons. The van der Waals surface area contributed by atoms with E-state index in [0.717, 1.165) is 0 Å². The average Bonchev–Trinajstić information content (AvgIpc) is 3.92. The average molecular weight is 897 g/mol. The molecule has 0 nitrogen and oxygen atoms in total. The molecule has 71 heavy (non-hydrogen) atoms. The van der Waals surface area contributed by atoms with Crippen LogP contribution in [-0.2, 0) is 5.41 Å². The van der Waals surface area contributed by atoms with E-state index in [1.54, 1.807) is 0 Å². The third kappa shape index (κ3) is 5.86. The van der Waals surface area contributed by atoms with Crippen LogP contribution in [0.15, 0.2) is 267 Å². The van der Waals surface area contributed by atoms with E-state index in [0.29, 0.717) is 0 Å². The number of fused-ring (bicyclic) bond motifs is 14. The molecule has 0 fully saturated rings. The second-order valence-electron chi connectivity index (χ2n) is 19.4. The van der Waals surface area contributed by atoms with Crippen LogP contribution in [0.5, 0.6) is 0 Å². The lowest BCUT2D eigenvalue weighted by Gasteiger charge is -2.31. The van der Waals surface area contributed by atoms with E-state index in [4.69, 9.17) is 0 Å². The van der Waals surface area contributed by atoms with Gasteiger partial charge in [0, 0.05) is 0 Å². The molecule has 0 bridgehead atoms. The third-order valence-corrected chi connectivity index (χ3v) is 15.9. The van der Waals surface area contributed by atoms with Crippen molar-refractivity contribution < 1.29 is 0 Å².